The Kier molecular flexibility index (Phi) is 4.25. The summed E-state index contributed by atoms with van der Waals surface area (Å²) in [4.78, 5) is 0.609. The number of aryl methyl sites for hydroxylation is 1. The van der Waals surface area contributed by atoms with Gasteiger partial charge in [0.05, 0.1) is 15.1 Å². The van der Waals surface area contributed by atoms with Crippen LogP contribution in [0.15, 0.2) is 59.5 Å². The van der Waals surface area contributed by atoms with Gasteiger partial charge in [-0.15, -0.1) is 0 Å². The second kappa shape index (κ2) is 6.06. The highest BCUT2D eigenvalue weighted by molar-refractivity contribution is 7.92. The van der Waals surface area contributed by atoms with Crippen LogP contribution in [0.1, 0.15) is 24.0 Å². The largest absolute Gasteiger partial charge is 0.393 e. The molecule has 2 aromatic rings. The zero-order valence-electron chi connectivity index (χ0n) is 12.8. The number of sulfone groups is 1. The first kappa shape index (κ1) is 16.1. The van der Waals surface area contributed by atoms with E-state index in [-0.39, 0.29) is 16.8 Å². The molecule has 120 valence electrons. The van der Waals surface area contributed by atoms with E-state index >= 15 is 0 Å². The van der Waals surface area contributed by atoms with Crippen LogP contribution in [0, 0.1) is 5.92 Å². The van der Waals surface area contributed by atoms with Crippen LogP contribution < -0.4 is 5.73 Å². The molecule has 3 atom stereocenters. The molecular weight excluding hydrogens is 326 g/mol. The first-order chi connectivity index (χ1) is 11.0. The Morgan fingerprint density at radius 2 is 1.70 bits per heavy atom. The molecule has 0 unspecified atom stereocenters. The van der Waals surface area contributed by atoms with E-state index in [2.05, 4.69) is 6.92 Å². The van der Waals surface area contributed by atoms with E-state index in [1.807, 2.05) is 24.3 Å². The third-order valence-corrected chi connectivity index (χ3v) is 6.99. The molecule has 0 aliphatic heterocycles. The minimum Gasteiger partial charge on any atom is -0.393 e. The molecule has 3 rings (SSSR count). The Morgan fingerprint density at radius 1 is 1.09 bits per heavy atom. The van der Waals surface area contributed by atoms with E-state index in [1.165, 1.54) is 5.56 Å². The molecule has 3 nitrogen and oxygen atoms in total. The van der Waals surface area contributed by atoms with Gasteiger partial charge in [-0.1, -0.05) is 61.6 Å². The number of benzene rings is 2. The SMILES string of the molecule is CCc1ccc([C@@H]2[C@H](C(N)=S)[C@H]2S(=O)(=O)c2ccccc2)cc1. The number of hydrogen-bond donors (Lipinski definition) is 1. The summed E-state index contributed by atoms with van der Waals surface area (Å²) >= 11 is 5.12. The highest BCUT2D eigenvalue weighted by Crippen LogP contribution is 2.54. The van der Waals surface area contributed by atoms with Gasteiger partial charge >= 0.3 is 0 Å². The summed E-state index contributed by atoms with van der Waals surface area (Å²) < 4.78 is 25.8. The second-order valence-corrected chi connectivity index (χ2v) is 8.45. The van der Waals surface area contributed by atoms with Gasteiger partial charge in [-0.2, -0.15) is 0 Å². The van der Waals surface area contributed by atoms with Crippen molar-refractivity contribution >= 4 is 27.0 Å². The monoisotopic (exact) mass is 345 g/mol. The number of thiocarbonyl (C=S) groups is 1. The molecule has 1 aliphatic carbocycles. The van der Waals surface area contributed by atoms with Crippen molar-refractivity contribution in [3.8, 4) is 0 Å². The van der Waals surface area contributed by atoms with Gasteiger partial charge in [-0.25, -0.2) is 8.42 Å². The molecule has 0 radical (unpaired) electrons. The minimum atomic E-state index is -3.44. The number of rotatable bonds is 5. The minimum absolute atomic E-state index is 0.149. The van der Waals surface area contributed by atoms with E-state index in [1.54, 1.807) is 30.3 Å². The summed E-state index contributed by atoms with van der Waals surface area (Å²) in [7, 11) is -3.44. The fraction of sp³-hybridized carbons (Fsp3) is 0.278. The summed E-state index contributed by atoms with van der Waals surface area (Å²) in [5.41, 5.74) is 8.03. The van der Waals surface area contributed by atoms with E-state index in [9.17, 15) is 8.42 Å². The van der Waals surface area contributed by atoms with Crippen LogP contribution in [0.25, 0.3) is 0 Å². The molecule has 0 aromatic heterocycles. The Labute approximate surface area is 142 Å². The van der Waals surface area contributed by atoms with Gasteiger partial charge in [0.1, 0.15) is 0 Å². The molecule has 1 saturated carbocycles. The molecule has 1 aliphatic rings. The van der Waals surface area contributed by atoms with Crippen LogP contribution in [0.2, 0.25) is 0 Å². The summed E-state index contributed by atoms with van der Waals surface area (Å²) in [6.45, 7) is 2.09. The fourth-order valence-electron chi connectivity index (χ4n) is 3.15. The topological polar surface area (TPSA) is 60.2 Å². The predicted molar refractivity (Wildman–Crippen MR) is 96.3 cm³/mol. The molecule has 0 saturated heterocycles. The Hall–Kier alpha value is -1.72. The highest BCUT2D eigenvalue weighted by Gasteiger charge is 2.60. The van der Waals surface area contributed by atoms with Gasteiger partial charge < -0.3 is 5.73 Å². The van der Waals surface area contributed by atoms with Gasteiger partial charge in [0.15, 0.2) is 9.84 Å². The van der Waals surface area contributed by atoms with Gasteiger partial charge in [-0.05, 0) is 29.7 Å². The smallest absolute Gasteiger partial charge is 0.182 e. The summed E-state index contributed by atoms with van der Waals surface area (Å²) in [5.74, 6) is -0.439. The van der Waals surface area contributed by atoms with Crippen molar-refractivity contribution in [2.24, 2.45) is 11.7 Å². The summed E-state index contributed by atoms with van der Waals surface area (Å²) in [6.07, 6.45) is 0.954. The Balaban J connectivity index is 1.96. The molecule has 0 bridgehead atoms. The second-order valence-electron chi connectivity index (χ2n) is 5.87. The molecular formula is C18H19NO2S2. The van der Waals surface area contributed by atoms with Crippen LogP contribution in [-0.2, 0) is 16.3 Å². The molecule has 23 heavy (non-hydrogen) atoms. The third kappa shape index (κ3) is 2.91. The van der Waals surface area contributed by atoms with Crippen molar-refractivity contribution in [1.29, 1.82) is 0 Å². The van der Waals surface area contributed by atoms with Crippen molar-refractivity contribution in [3.05, 3.63) is 65.7 Å². The zero-order valence-corrected chi connectivity index (χ0v) is 14.5. The lowest BCUT2D eigenvalue weighted by molar-refractivity contribution is 0.593. The Morgan fingerprint density at radius 3 is 2.22 bits per heavy atom. The van der Waals surface area contributed by atoms with Crippen LogP contribution in [0.4, 0.5) is 0 Å². The van der Waals surface area contributed by atoms with Gasteiger partial charge in [-0.3, -0.25) is 0 Å². The standard InChI is InChI=1S/C18H19NO2S2/c1-2-12-8-10-13(11-9-12)15-16(18(19)22)17(15)23(20,21)14-6-4-3-5-7-14/h3-11,15-17H,2H2,1H3,(H2,19,22)/t15-,16+,17+/m1/s1. The van der Waals surface area contributed by atoms with Crippen LogP contribution in [0.5, 0.6) is 0 Å². The van der Waals surface area contributed by atoms with Crippen LogP contribution in [-0.4, -0.2) is 18.7 Å². The van der Waals surface area contributed by atoms with Crippen molar-refractivity contribution < 1.29 is 8.42 Å². The van der Waals surface area contributed by atoms with E-state index in [0.717, 1.165) is 12.0 Å². The number of nitrogens with two attached hydrogens (primary N) is 1. The normalized spacial score (nSPS) is 23.4. The fourth-order valence-corrected chi connectivity index (χ4v) is 5.70. The number of hydrogen-bond acceptors (Lipinski definition) is 3. The summed E-state index contributed by atoms with van der Waals surface area (Å²) in [6, 6.07) is 16.6. The highest BCUT2D eigenvalue weighted by atomic mass is 32.2. The van der Waals surface area contributed by atoms with Crippen molar-refractivity contribution in [2.75, 3.05) is 0 Å². The maximum Gasteiger partial charge on any atom is 0.182 e. The zero-order chi connectivity index (χ0) is 16.6. The molecule has 2 aromatic carbocycles. The van der Waals surface area contributed by atoms with Gasteiger partial charge in [0.2, 0.25) is 0 Å². The van der Waals surface area contributed by atoms with E-state index in [0.29, 0.717) is 4.90 Å². The molecule has 0 amide bonds. The van der Waals surface area contributed by atoms with Crippen molar-refractivity contribution in [2.45, 2.75) is 29.4 Å². The van der Waals surface area contributed by atoms with Gasteiger partial charge in [0.25, 0.3) is 0 Å². The lowest BCUT2D eigenvalue weighted by Crippen LogP contribution is -2.17. The first-order valence-electron chi connectivity index (χ1n) is 7.64. The molecule has 5 heteroatoms. The van der Waals surface area contributed by atoms with Gasteiger partial charge in [0, 0.05) is 11.8 Å². The average Bonchev–Trinajstić information content (AvgIpc) is 3.32. The maximum absolute atomic E-state index is 12.9. The summed E-state index contributed by atoms with van der Waals surface area (Å²) in [5, 5.41) is -0.560. The average molecular weight is 345 g/mol. The van der Waals surface area contributed by atoms with Crippen LogP contribution in [0.3, 0.4) is 0 Å². The van der Waals surface area contributed by atoms with E-state index in [4.69, 9.17) is 18.0 Å². The molecule has 0 spiro atoms. The quantitative estimate of drug-likeness (QED) is 0.846. The molecule has 1 fully saturated rings. The predicted octanol–water partition coefficient (Wildman–Crippen LogP) is 3.09. The van der Waals surface area contributed by atoms with E-state index < -0.39 is 15.1 Å². The van der Waals surface area contributed by atoms with Crippen molar-refractivity contribution in [3.63, 3.8) is 0 Å². The molecule has 2 N–H and O–H groups in total. The maximum atomic E-state index is 12.9. The van der Waals surface area contributed by atoms with Crippen molar-refractivity contribution in [1.82, 2.24) is 0 Å². The third-order valence-electron chi connectivity index (χ3n) is 4.49. The lowest BCUT2D eigenvalue weighted by atomic mass is 10.1. The van der Waals surface area contributed by atoms with Crippen LogP contribution >= 0.6 is 12.2 Å². The first-order valence-corrected chi connectivity index (χ1v) is 9.59. The lowest BCUT2D eigenvalue weighted by Gasteiger charge is -2.04. The Bertz CT molecular complexity index is 814. The molecule has 0 heterocycles.